The molecule has 1 aromatic carbocycles. The molecular formula is C16H23Cl2N. The number of rotatable bonds is 3. The maximum atomic E-state index is 6.30. The Bertz CT molecular complexity index is 431. The van der Waals surface area contributed by atoms with Crippen LogP contribution in [0.2, 0.25) is 10.0 Å². The molecule has 3 unspecified atom stereocenters. The number of halogens is 2. The molecule has 3 atom stereocenters. The minimum atomic E-state index is 0.307. The van der Waals surface area contributed by atoms with Gasteiger partial charge in [0.2, 0.25) is 0 Å². The molecule has 1 saturated carbocycles. The maximum absolute atomic E-state index is 6.30. The van der Waals surface area contributed by atoms with Gasteiger partial charge in [0.25, 0.3) is 0 Å². The Morgan fingerprint density at radius 3 is 2.63 bits per heavy atom. The average molecular weight is 300 g/mol. The van der Waals surface area contributed by atoms with Crippen LogP contribution >= 0.6 is 23.2 Å². The number of hydrogen-bond donors (Lipinski definition) is 1. The van der Waals surface area contributed by atoms with Crippen molar-refractivity contribution < 1.29 is 0 Å². The number of nitrogens with two attached hydrogens (primary N) is 1. The second kappa shape index (κ2) is 6.47. The van der Waals surface area contributed by atoms with Crippen molar-refractivity contribution in [3.63, 3.8) is 0 Å². The van der Waals surface area contributed by atoms with Gasteiger partial charge in [0.1, 0.15) is 0 Å². The fourth-order valence-electron chi connectivity index (χ4n) is 3.13. The van der Waals surface area contributed by atoms with Gasteiger partial charge in [0, 0.05) is 16.1 Å². The van der Waals surface area contributed by atoms with E-state index in [0.29, 0.717) is 17.0 Å². The van der Waals surface area contributed by atoms with E-state index in [1.807, 2.05) is 18.2 Å². The van der Waals surface area contributed by atoms with Gasteiger partial charge in [-0.1, -0.05) is 43.1 Å². The largest absolute Gasteiger partial charge is 0.327 e. The molecule has 0 heterocycles. The van der Waals surface area contributed by atoms with Gasteiger partial charge < -0.3 is 5.73 Å². The first kappa shape index (κ1) is 15.2. The van der Waals surface area contributed by atoms with Gasteiger partial charge in [-0.2, -0.15) is 0 Å². The Hall–Kier alpha value is -0.240. The minimum absolute atomic E-state index is 0.307. The van der Waals surface area contributed by atoms with E-state index in [9.17, 15) is 0 Å². The van der Waals surface area contributed by atoms with E-state index in [0.717, 1.165) is 29.7 Å². The first-order valence-electron chi connectivity index (χ1n) is 7.17. The summed E-state index contributed by atoms with van der Waals surface area (Å²) in [6, 6.07) is 6.09. The topological polar surface area (TPSA) is 26.0 Å². The summed E-state index contributed by atoms with van der Waals surface area (Å²) in [4.78, 5) is 0. The molecule has 106 valence electrons. The van der Waals surface area contributed by atoms with Crippen LogP contribution in [0.1, 0.15) is 38.7 Å². The first-order valence-corrected chi connectivity index (χ1v) is 7.92. The fourth-order valence-corrected chi connectivity index (χ4v) is 3.62. The summed E-state index contributed by atoms with van der Waals surface area (Å²) in [5.74, 6) is 2.09. The molecule has 0 radical (unpaired) electrons. The lowest BCUT2D eigenvalue weighted by molar-refractivity contribution is 0.189. The van der Waals surface area contributed by atoms with Gasteiger partial charge in [-0.3, -0.25) is 0 Å². The predicted molar refractivity (Wildman–Crippen MR) is 83.8 cm³/mol. The minimum Gasteiger partial charge on any atom is -0.327 e. The zero-order valence-electron chi connectivity index (χ0n) is 11.7. The predicted octanol–water partition coefficient (Wildman–Crippen LogP) is 4.94. The molecule has 1 aliphatic carbocycles. The molecular weight excluding hydrogens is 277 g/mol. The normalized spacial score (nSPS) is 27.8. The molecule has 1 aliphatic rings. The van der Waals surface area contributed by atoms with Crippen LogP contribution in [0.25, 0.3) is 0 Å². The van der Waals surface area contributed by atoms with Gasteiger partial charge in [-0.15, -0.1) is 0 Å². The van der Waals surface area contributed by atoms with E-state index in [4.69, 9.17) is 28.9 Å². The SMILES string of the molecule is CC(C)C1CCC(N)C(Cc2ccc(Cl)cc2Cl)C1. The second-order valence-corrected chi connectivity index (χ2v) is 7.02. The summed E-state index contributed by atoms with van der Waals surface area (Å²) in [7, 11) is 0. The van der Waals surface area contributed by atoms with Crippen molar-refractivity contribution in [3.05, 3.63) is 33.8 Å². The van der Waals surface area contributed by atoms with Crippen LogP contribution in [0.3, 0.4) is 0 Å². The molecule has 0 saturated heterocycles. The van der Waals surface area contributed by atoms with Crippen LogP contribution < -0.4 is 5.73 Å². The fraction of sp³-hybridized carbons (Fsp3) is 0.625. The Morgan fingerprint density at radius 2 is 2.00 bits per heavy atom. The Balaban J connectivity index is 2.07. The van der Waals surface area contributed by atoms with Crippen molar-refractivity contribution in [2.45, 2.75) is 45.6 Å². The number of benzene rings is 1. The summed E-state index contributed by atoms with van der Waals surface area (Å²) in [6.07, 6.45) is 4.60. The molecule has 0 amide bonds. The molecule has 0 bridgehead atoms. The van der Waals surface area contributed by atoms with Crippen molar-refractivity contribution in [2.75, 3.05) is 0 Å². The van der Waals surface area contributed by atoms with E-state index >= 15 is 0 Å². The van der Waals surface area contributed by atoms with Crippen molar-refractivity contribution in [2.24, 2.45) is 23.5 Å². The van der Waals surface area contributed by atoms with Crippen molar-refractivity contribution >= 4 is 23.2 Å². The monoisotopic (exact) mass is 299 g/mol. The average Bonchev–Trinajstić information content (AvgIpc) is 2.34. The van der Waals surface area contributed by atoms with E-state index in [2.05, 4.69) is 13.8 Å². The zero-order chi connectivity index (χ0) is 14.0. The molecule has 2 rings (SSSR count). The van der Waals surface area contributed by atoms with E-state index in [1.54, 1.807) is 0 Å². The lowest BCUT2D eigenvalue weighted by Gasteiger charge is -2.36. The van der Waals surface area contributed by atoms with E-state index < -0.39 is 0 Å². The van der Waals surface area contributed by atoms with Crippen molar-refractivity contribution in [1.82, 2.24) is 0 Å². The van der Waals surface area contributed by atoms with Gasteiger partial charge >= 0.3 is 0 Å². The van der Waals surface area contributed by atoms with Crippen LogP contribution in [0.4, 0.5) is 0 Å². The summed E-state index contributed by atoms with van der Waals surface area (Å²) in [5.41, 5.74) is 7.48. The van der Waals surface area contributed by atoms with Crippen molar-refractivity contribution in [3.8, 4) is 0 Å². The van der Waals surface area contributed by atoms with E-state index in [1.165, 1.54) is 18.4 Å². The molecule has 19 heavy (non-hydrogen) atoms. The summed E-state index contributed by atoms with van der Waals surface area (Å²) < 4.78 is 0. The second-order valence-electron chi connectivity index (χ2n) is 6.18. The molecule has 1 fully saturated rings. The molecule has 1 aromatic rings. The third kappa shape index (κ3) is 3.87. The van der Waals surface area contributed by atoms with Gasteiger partial charge in [0.15, 0.2) is 0 Å². The van der Waals surface area contributed by atoms with Crippen LogP contribution in [0.15, 0.2) is 18.2 Å². The molecule has 0 aromatic heterocycles. The molecule has 3 heteroatoms. The molecule has 0 spiro atoms. The Kier molecular flexibility index (Phi) is 5.16. The van der Waals surface area contributed by atoms with Crippen molar-refractivity contribution in [1.29, 1.82) is 0 Å². The molecule has 1 nitrogen and oxygen atoms in total. The van der Waals surface area contributed by atoms with Gasteiger partial charge in [-0.25, -0.2) is 0 Å². The highest BCUT2D eigenvalue weighted by molar-refractivity contribution is 6.35. The summed E-state index contributed by atoms with van der Waals surface area (Å²) in [5, 5.41) is 1.47. The van der Waals surface area contributed by atoms with Crippen LogP contribution in [0, 0.1) is 17.8 Å². The van der Waals surface area contributed by atoms with E-state index in [-0.39, 0.29) is 0 Å². The Morgan fingerprint density at radius 1 is 1.26 bits per heavy atom. The lowest BCUT2D eigenvalue weighted by atomic mass is 9.72. The third-order valence-corrected chi connectivity index (χ3v) is 5.11. The summed E-state index contributed by atoms with van der Waals surface area (Å²) in [6.45, 7) is 4.63. The highest BCUT2D eigenvalue weighted by Crippen LogP contribution is 2.36. The highest BCUT2D eigenvalue weighted by Gasteiger charge is 2.30. The first-order chi connectivity index (χ1) is 8.97. The number of hydrogen-bond acceptors (Lipinski definition) is 1. The zero-order valence-corrected chi connectivity index (χ0v) is 13.2. The third-order valence-electron chi connectivity index (χ3n) is 4.52. The standard InChI is InChI=1S/C16H23Cl2N/c1-10(2)11-4-6-16(19)13(7-11)8-12-3-5-14(17)9-15(12)18/h3,5,9-11,13,16H,4,6-8,19H2,1-2H3. The van der Waals surface area contributed by atoms with Crippen LogP contribution in [-0.4, -0.2) is 6.04 Å². The highest BCUT2D eigenvalue weighted by atomic mass is 35.5. The molecule has 0 aliphatic heterocycles. The smallest absolute Gasteiger partial charge is 0.0452 e. The quantitative estimate of drug-likeness (QED) is 0.841. The van der Waals surface area contributed by atoms with Crippen LogP contribution in [0.5, 0.6) is 0 Å². The maximum Gasteiger partial charge on any atom is 0.0452 e. The van der Waals surface area contributed by atoms with Gasteiger partial charge in [0.05, 0.1) is 0 Å². The summed E-state index contributed by atoms with van der Waals surface area (Å²) >= 11 is 12.2. The van der Waals surface area contributed by atoms with Gasteiger partial charge in [-0.05, 0) is 61.1 Å². The lowest BCUT2D eigenvalue weighted by Crippen LogP contribution is -2.38. The Labute approximate surface area is 126 Å². The van der Waals surface area contributed by atoms with Crippen LogP contribution in [-0.2, 0) is 6.42 Å². The molecule has 2 N–H and O–H groups in total.